The maximum atomic E-state index is 10.2. The number of aliphatic hydroxyl groups is 1. The summed E-state index contributed by atoms with van der Waals surface area (Å²) in [7, 11) is 0. The van der Waals surface area contributed by atoms with E-state index in [4.69, 9.17) is 0 Å². The van der Waals surface area contributed by atoms with Gasteiger partial charge >= 0.3 is 0 Å². The lowest BCUT2D eigenvalue weighted by Gasteiger charge is -2.12. The molecule has 1 atom stereocenters. The SMILES string of the molecule is CSc1ccc(C(O)c2ccc(C)cc2)cc1. The first-order valence-corrected chi connectivity index (χ1v) is 6.82. The van der Waals surface area contributed by atoms with Gasteiger partial charge in [-0.1, -0.05) is 42.0 Å². The van der Waals surface area contributed by atoms with Gasteiger partial charge in [0.05, 0.1) is 0 Å². The molecule has 0 aliphatic heterocycles. The van der Waals surface area contributed by atoms with Crippen LogP contribution in [0.1, 0.15) is 22.8 Å². The van der Waals surface area contributed by atoms with Crippen LogP contribution in [0.4, 0.5) is 0 Å². The molecule has 0 saturated carbocycles. The molecule has 2 rings (SSSR count). The van der Waals surface area contributed by atoms with Gasteiger partial charge in [-0.05, 0) is 36.4 Å². The van der Waals surface area contributed by atoms with Crippen molar-refractivity contribution in [3.8, 4) is 0 Å². The minimum Gasteiger partial charge on any atom is -0.384 e. The molecule has 0 bridgehead atoms. The van der Waals surface area contributed by atoms with Crippen molar-refractivity contribution < 1.29 is 5.11 Å². The highest BCUT2D eigenvalue weighted by molar-refractivity contribution is 7.98. The number of thioether (sulfide) groups is 1. The summed E-state index contributed by atoms with van der Waals surface area (Å²) in [5.74, 6) is 0. The molecule has 0 amide bonds. The Kier molecular flexibility index (Phi) is 3.87. The van der Waals surface area contributed by atoms with E-state index in [1.165, 1.54) is 10.5 Å². The zero-order valence-electron chi connectivity index (χ0n) is 10.1. The van der Waals surface area contributed by atoms with Crippen LogP contribution in [0.15, 0.2) is 53.4 Å². The lowest BCUT2D eigenvalue weighted by Crippen LogP contribution is -1.99. The highest BCUT2D eigenvalue weighted by atomic mass is 32.2. The van der Waals surface area contributed by atoms with Gasteiger partial charge in [-0.15, -0.1) is 11.8 Å². The third kappa shape index (κ3) is 2.90. The number of aryl methyl sites for hydroxylation is 1. The zero-order valence-corrected chi connectivity index (χ0v) is 10.9. The van der Waals surface area contributed by atoms with Crippen LogP contribution in [-0.4, -0.2) is 11.4 Å². The van der Waals surface area contributed by atoms with E-state index in [2.05, 4.69) is 0 Å². The monoisotopic (exact) mass is 244 g/mol. The number of aliphatic hydroxyl groups excluding tert-OH is 1. The first-order valence-electron chi connectivity index (χ1n) is 5.59. The smallest absolute Gasteiger partial charge is 0.104 e. The Morgan fingerprint density at radius 1 is 0.882 bits per heavy atom. The predicted octanol–water partition coefficient (Wildman–Crippen LogP) is 3.80. The molecule has 0 aliphatic carbocycles. The summed E-state index contributed by atoms with van der Waals surface area (Å²) >= 11 is 1.71. The van der Waals surface area contributed by atoms with Crippen molar-refractivity contribution in [2.24, 2.45) is 0 Å². The summed E-state index contributed by atoms with van der Waals surface area (Å²) in [6, 6.07) is 16.0. The van der Waals surface area contributed by atoms with Gasteiger partial charge in [-0.2, -0.15) is 0 Å². The van der Waals surface area contributed by atoms with Gasteiger partial charge in [0.1, 0.15) is 6.10 Å². The van der Waals surface area contributed by atoms with Gasteiger partial charge in [0, 0.05) is 4.90 Å². The number of hydrogen-bond donors (Lipinski definition) is 1. The second kappa shape index (κ2) is 5.39. The normalized spacial score (nSPS) is 12.4. The maximum Gasteiger partial charge on any atom is 0.104 e. The molecule has 88 valence electrons. The minimum atomic E-state index is -0.536. The molecule has 0 aliphatic rings. The molecule has 2 aromatic rings. The van der Waals surface area contributed by atoms with E-state index in [1.54, 1.807) is 11.8 Å². The molecule has 1 N–H and O–H groups in total. The van der Waals surface area contributed by atoms with Crippen LogP contribution in [0.2, 0.25) is 0 Å². The molecule has 2 aromatic carbocycles. The largest absolute Gasteiger partial charge is 0.384 e. The third-order valence-electron chi connectivity index (χ3n) is 2.82. The Morgan fingerprint density at radius 3 is 1.82 bits per heavy atom. The van der Waals surface area contributed by atoms with Crippen LogP contribution in [0.5, 0.6) is 0 Å². The van der Waals surface area contributed by atoms with Gasteiger partial charge in [0.25, 0.3) is 0 Å². The Balaban J connectivity index is 2.23. The zero-order chi connectivity index (χ0) is 12.3. The molecule has 1 nitrogen and oxygen atoms in total. The molecule has 0 fully saturated rings. The van der Waals surface area contributed by atoms with Crippen molar-refractivity contribution >= 4 is 11.8 Å². The Bertz CT molecular complexity index is 473. The summed E-state index contributed by atoms with van der Waals surface area (Å²) < 4.78 is 0. The Hall–Kier alpha value is -1.25. The highest BCUT2D eigenvalue weighted by Crippen LogP contribution is 2.24. The average molecular weight is 244 g/mol. The van der Waals surface area contributed by atoms with E-state index in [9.17, 15) is 5.11 Å². The van der Waals surface area contributed by atoms with Crippen molar-refractivity contribution in [3.05, 3.63) is 65.2 Å². The second-order valence-corrected chi connectivity index (χ2v) is 4.97. The van der Waals surface area contributed by atoms with Crippen molar-refractivity contribution in [1.29, 1.82) is 0 Å². The minimum absolute atomic E-state index is 0.536. The molecule has 2 heteroatoms. The van der Waals surface area contributed by atoms with Crippen LogP contribution in [0, 0.1) is 6.92 Å². The summed E-state index contributed by atoms with van der Waals surface area (Å²) in [5, 5.41) is 10.2. The number of hydrogen-bond acceptors (Lipinski definition) is 2. The van der Waals surface area contributed by atoms with Gasteiger partial charge in [0.2, 0.25) is 0 Å². The summed E-state index contributed by atoms with van der Waals surface area (Å²) in [4.78, 5) is 1.21. The molecular weight excluding hydrogens is 228 g/mol. The summed E-state index contributed by atoms with van der Waals surface area (Å²) in [6.45, 7) is 2.05. The molecule has 1 unspecified atom stereocenters. The van der Waals surface area contributed by atoms with Crippen LogP contribution < -0.4 is 0 Å². The van der Waals surface area contributed by atoms with Crippen molar-refractivity contribution in [2.45, 2.75) is 17.9 Å². The van der Waals surface area contributed by atoms with Crippen molar-refractivity contribution in [1.82, 2.24) is 0 Å². The van der Waals surface area contributed by atoms with Crippen LogP contribution >= 0.6 is 11.8 Å². The predicted molar refractivity (Wildman–Crippen MR) is 73.5 cm³/mol. The number of benzene rings is 2. The van der Waals surface area contributed by atoms with E-state index < -0.39 is 6.10 Å². The number of rotatable bonds is 3. The lowest BCUT2D eigenvalue weighted by molar-refractivity contribution is 0.220. The first kappa shape index (κ1) is 12.2. The third-order valence-corrected chi connectivity index (χ3v) is 3.57. The maximum absolute atomic E-state index is 10.2. The molecule has 0 heterocycles. The lowest BCUT2D eigenvalue weighted by atomic mass is 10.0. The fourth-order valence-electron chi connectivity index (χ4n) is 1.73. The first-order chi connectivity index (χ1) is 8.20. The van der Waals surface area contributed by atoms with Crippen LogP contribution in [0.25, 0.3) is 0 Å². The van der Waals surface area contributed by atoms with E-state index in [1.807, 2.05) is 61.7 Å². The van der Waals surface area contributed by atoms with Crippen molar-refractivity contribution in [3.63, 3.8) is 0 Å². The van der Waals surface area contributed by atoms with Gasteiger partial charge in [0.15, 0.2) is 0 Å². The topological polar surface area (TPSA) is 20.2 Å². The van der Waals surface area contributed by atoms with Gasteiger partial charge < -0.3 is 5.11 Å². The molecule has 0 spiro atoms. The molecular formula is C15H16OS. The highest BCUT2D eigenvalue weighted by Gasteiger charge is 2.09. The average Bonchev–Trinajstić information content (AvgIpc) is 2.39. The van der Waals surface area contributed by atoms with Gasteiger partial charge in [-0.25, -0.2) is 0 Å². The van der Waals surface area contributed by atoms with E-state index in [0.29, 0.717) is 0 Å². The summed E-state index contributed by atoms with van der Waals surface area (Å²) in [6.07, 6.45) is 1.51. The van der Waals surface area contributed by atoms with Crippen molar-refractivity contribution in [2.75, 3.05) is 6.26 Å². The fraction of sp³-hybridized carbons (Fsp3) is 0.200. The van der Waals surface area contributed by atoms with E-state index in [-0.39, 0.29) is 0 Å². The molecule has 17 heavy (non-hydrogen) atoms. The quantitative estimate of drug-likeness (QED) is 0.829. The standard InChI is InChI=1S/C15H16OS/c1-11-3-5-12(6-4-11)15(16)13-7-9-14(17-2)10-8-13/h3-10,15-16H,1-2H3. The molecule has 0 saturated heterocycles. The Labute approximate surface area is 107 Å². The molecule has 0 aromatic heterocycles. The fourth-order valence-corrected chi connectivity index (χ4v) is 2.14. The molecule has 0 radical (unpaired) electrons. The van der Waals surface area contributed by atoms with Crippen LogP contribution in [0.3, 0.4) is 0 Å². The Morgan fingerprint density at radius 2 is 1.35 bits per heavy atom. The van der Waals surface area contributed by atoms with Gasteiger partial charge in [-0.3, -0.25) is 0 Å². The van der Waals surface area contributed by atoms with E-state index in [0.717, 1.165) is 11.1 Å². The van der Waals surface area contributed by atoms with E-state index >= 15 is 0 Å². The second-order valence-electron chi connectivity index (χ2n) is 4.09. The summed E-state index contributed by atoms with van der Waals surface area (Å²) in [5.41, 5.74) is 3.08. The van der Waals surface area contributed by atoms with Crippen LogP contribution in [-0.2, 0) is 0 Å².